The summed E-state index contributed by atoms with van der Waals surface area (Å²) in [7, 11) is 1.69. The van der Waals surface area contributed by atoms with Gasteiger partial charge < -0.3 is 15.0 Å². The summed E-state index contributed by atoms with van der Waals surface area (Å²) >= 11 is 0. The molecule has 5 heteroatoms. The van der Waals surface area contributed by atoms with Gasteiger partial charge in [-0.25, -0.2) is 9.97 Å². The van der Waals surface area contributed by atoms with Gasteiger partial charge in [0.1, 0.15) is 5.75 Å². The van der Waals surface area contributed by atoms with E-state index in [1.165, 1.54) is 51.4 Å². The van der Waals surface area contributed by atoms with Crippen LogP contribution in [-0.4, -0.2) is 42.3 Å². The lowest BCUT2D eigenvalue weighted by atomic mass is 10.0. The fraction of sp³-hybridized carbons (Fsp3) is 0.636. The lowest BCUT2D eigenvalue weighted by molar-refractivity contribution is 0.344. The van der Waals surface area contributed by atoms with Crippen molar-refractivity contribution in [3.05, 3.63) is 23.9 Å². The van der Waals surface area contributed by atoms with E-state index < -0.39 is 0 Å². The highest BCUT2D eigenvalue weighted by atomic mass is 16.5. The highest BCUT2D eigenvalue weighted by Crippen LogP contribution is 2.26. The first-order valence-electron chi connectivity index (χ1n) is 10.6. The SMILES string of the molecule is COc1ccc2nc(N3CCC(NC4CCCCCC4)CC3)nc(C)c2c1. The molecule has 0 amide bonds. The molecule has 1 aliphatic carbocycles. The summed E-state index contributed by atoms with van der Waals surface area (Å²) in [4.78, 5) is 12.0. The Kier molecular flexibility index (Phi) is 5.77. The number of ether oxygens (including phenoxy) is 1. The van der Waals surface area contributed by atoms with Crippen molar-refractivity contribution in [1.82, 2.24) is 15.3 Å². The van der Waals surface area contributed by atoms with E-state index in [4.69, 9.17) is 14.7 Å². The van der Waals surface area contributed by atoms with Gasteiger partial charge in [0.2, 0.25) is 5.95 Å². The monoisotopic (exact) mass is 368 g/mol. The van der Waals surface area contributed by atoms with E-state index in [9.17, 15) is 0 Å². The molecular formula is C22H32N4O. The van der Waals surface area contributed by atoms with Crippen LogP contribution < -0.4 is 15.0 Å². The van der Waals surface area contributed by atoms with E-state index in [2.05, 4.69) is 17.1 Å². The number of benzene rings is 1. The van der Waals surface area contributed by atoms with Gasteiger partial charge in [-0.05, 0) is 50.8 Å². The molecule has 1 saturated carbocycles. The predicted molar refractivity (Wildman–Crippen MR) is 111 cm³/mol. The van der Waals surface area contributed by atoms with Crippen LogP contribution in [-0.2, 0) is 0 Å². The van der Waals surface area contributed by atoms with Crippen molar-refractivity contribution in [3.63, 3.8) is 0 Å². The highest BCUT2D eigenvalue weighted by molar-refractivity contribution is 5.83. The summed E-state index contributed by atoms with van der Waals surface area (Å²) in [6, 6.07) is 7.42. The minimum absolute atomic E-state index is 0.648. The second-order valence-electron chi connectivity index (χ2n) is 8.11. The van der Waals surface area contributed by atoms with Gasteiger partial charge in [0.05, 0.1) is 18.3 Å². The van der Waals surface area contributed by atoms with Gasteiger partial charge in [-0.2, -0.15) is 0 Å². The van der Waals surface area contributed by atoms with Crippen molar-refractivity contribution in [1.29, 1.82) is 0 Å². The zero-order valence-corrected chi connectivity index (χ0v) is 16.7. The molecule has 1 aliphatic heterocycles. The van der Waals surface area contributed by atoms with Crippen LogP contribution in [0.25, 0.3) is 10.9 Å². The maximum absolute atomic E-state index is 5.33. The summed E-state index contributed by atoms with van der Waals surface area (Å²) in [6.45, 7) is 4.13. The standard InChI is InChI=1S/C22H32N4O/c1-16-20-15-19(27-2)9-10-21(20)25-22(23-16)26-13-11-18(12-14-26)24-17-7-5-3-4-6-8-17/h9-10,15,17-18,24H,3-8,11-14H2,1-2H3. The van der Waals surface area contributed by atoms with Crippen LogP contribution in [0.5, 0.6) is 5.75 Å². The maximum atomic E-state index is 5.33. The Morgan fingerprint density at radius 1 is 0.963 bits per heavy atom. The van der Waals surface area contributed by atoms with Gasteiger partial charge in [0, 0.05) is 30.6 Å². The molecule has 0 spiro atoms. The van der Waals surface area contributed by atoms with Crippen molar-refractivity contribution in [2.75, 3.05) is 25.1 Å². The van der Waals surface area contributed by atoms with Gasteiger partial charge in [0.25, 0.3) is 0 Å². The molecule has 1 aromatic heterocycles. The number of nitrogens with one attached hydrogen (secondary N) is 1. The molecular weight excluding hydrogens is 336 g/mol. The number of hydrogen-bond acceptors (Lipinski definition) is 5. The highest BCUT2D eigenvalue weighted by Gasteiger charge is 2.24. The predicted octanol–water partition coefficient (Wildman–Crippen LogP) is 4.23. The van der Waals surface area contributed by atoms with Crippen LogP contribution >= 0.6 is 0 Å². The van der Waals surface area contributed by atoms with E-state index >= 15 is 0 Å². The number of anilines is 1. The van der Waals surface area contributed by atoms with Crippen molar-refractivity contribution in [3.8, 4) is 5.75 Å². The number of aromatic nitrogens is 2. The Morgan fingerprint density at radius 3 is 2.37 bits per heavy atom. The zero-order chi connectivity index (χ0) is 18.6. The number of nitrogens with zero attached hydrogens (tertiary/aromatic N) is 3. The minimum Gasteiger partial charge on any atom is -0.497 e. The average Bonchev–Trinajstić information content (AvgIpc) is 2.97. The summed E-state index contributed by atoms with van der Waals surface area (Å²) < 4.78 is 5.33. The number of hydrogen-bond donors (Lipinski definition) is 1. The van der Waals surface area contributed by atoms with Gasteiger partial charge in [-0.1, -0.05) is 25.7 Å². The quantitative estimate of drug-likeness (QED) is 0.819. The molecule has 0 radical (unpaired) electrons. The Bertz CT molecular complexity index is 762. The number of rotatable bonds is 4. The molecule has 0 bridgehead atoms. The molecule has 0 unspecified atom stereocenters. The lowest BCUT2D eigenvalue weighted by Crippen LogP contribution is -2.46. The van der Waals surface area contributed by atoms with Crippen molar-refractivity contribution >= 4 is 16.9 Å². The minimum atomic E-state index is 0.648. The molecule has 1 saturated heterocycles. The number of methoxy groups -OCH3 is 1. The smallest absolute Gasteiger partial charge is 0.226 e. The van der Waals surface area contributed by atoms with Gasteiger partial charge >= 0.3 is 0 Å². The summed E-state index contributed by atoms with van der Waals surface area (Å²) in [5.41, 5.74) is 2.02. The third-order valence-corrected chi connectivity index (χ3v) is 6.19. The van der Waals surface area contributed by atoms with E-state index in [1.807, 2.05) is 18.2 Å². The summed E-state index contributed by atoms with van der Waals surface area (Å²) in [5, 5.41) is 5.01. The largest absolute Gasteiger partial charge is 0.497 e. The first-order valence-corrected chi connectivity index (χ1v) is 10.6. The maximum Gasteiger partial charge on any atom is 0.226 e. The van der Waals surface area contributed by atoms with E-state index in [1.54, 1.807) is 7.11 Å². The molecule has 2 aliphatic rings. The van der Waals surface area contributed by atoms with E-state index in [0.717, 1.165) is 47.4 Å². The molecule has 4 rings (SSSR count). The summed E-state index contributed by atoms with van der Waals surface area (Å²) in [6.07, 6.45) is 10.7. The number of piperidine rings is 1. The van der Waals surface area contributed by atoms with Crippen LogP contribution in [0.2, 0.25) is 0 Å². The second-order valence-corrected chi connectivity index (χ2v) is 8.11. The Balaban J connectivity index is 1.40. The van der Waals surface area contributed by atoms with Crippen molar-refractivity contribution in [2.45, 2.75) is 70.4 Å². The average molecular weight is 369 g/mol. The van der Waals surface area contributed by atoms with Gasteiger partial charge in [0.15, 0.2) is 0 Å². The van der Waals surface area contributed by atoms with Crippen LogP contribution in [0.15, 0.2) is 18.2 Å². The molecule has 0 atom stereocenters. The Morgan fingerprint density at radius 2 is 1.67 bits per heavy atom. The fourth-order valence-corrected chi connectivity index (χ4v) is 4.54. The van der Waals surface area contributed by atoms with Crippen LogP contribution in [0, 0.1) is 6.92 Å². The lowest BCUT2D eigenvalue weighted by Gasteiger charge is -2.34. The third-order valence-electron chi connectivity index (χ3n) is 6.19. The molecule has 1 aromatic carbocycles. The Labute approximate surface area is 162 Å². The van der Waals surface area contributed by atoms with Gasteiger partial charge in [-0.3, -0.25) is 0 Å². The molecule has 5 nitrogen and oxygen atoms in total. The third kappa shape index (κ3) is 4.34. The normalized spacial score (nSPS) is 20.0. The van der Waals surface area contributed by atoms with Crippen LogP contribution in [0.3, 0.4) is 0 Å². The molecule has 2 aromatic rings. The van der Waals surface area contributed by atoms with Crippen LogP contribution in [0.1, 0.15) is 57.1 Å². The number of fused-ring (bicyclic) bond motifs is 1. The first-order chi connectivity index (χ1) is 13.2. The molecule has 2 fully saturated rings. The first kappa shape index (κ1) is 18.5. The Hall–Kier alpha value is -1.88. The van der Waals surface area contributed by atoms with Crippen molar-refractivity contribution in [2.24, 2.45) is 0 Å². The second kappa shape index (κ2) is 8.42. The molecule has 146 valence electrons. The van der Waals surface area contributed by atoms with Crippen LogP contribution in [0.4, 0.5) is 5.95 Å². The molecule has 1 N–H and O–H groups in total. The number of aryl methyl sites for hydroxylation is 1. The topological polar surface area (TPSA) is 50.3 Å². The van der Waals surface area contributed by atoms with Crippen molar-refractivity contribution < 1.29 is 4.74 Å². The fourth-order valence-electron chi connectivity index (χ4n) is 4.54. The molecule has 2 heterocycles. The van der Waals surface area contributed by atoms with Gasteiger partial charge in [-0.15, -0.1) is 0 Å². The van der Waals surface area contributed by atoms with E-state index in [-0.39, 0.29) is 0 Å². The zero-order valence-electron chi connectivity index (χ0n) is 16.7. The van der Waals surface area contributed by atoms with E-state index in [0.29, 0.717) is 6.04 Å². The summed E-state index contributed by atoms with van der Waals surface area (Å²) in [5.74, 6) is 1.73. The molecule has 27 heavy (non-hydrogen) atoms.